The molecule has 0 aromatic carbocycles. The molecule has 4 nitrogen and oxygen atoms in total. The van der Waals surface area contributed by atoms with E-state index < -0.39 is 4.92 Å². The average molecular weight is 147 g/mol. The molecule has 48 valence electrons. The minimum Gasteiger partial charge on any atom is -0.358 e. The Morgan fingerprint density at radius 2 is 2.56 bits per heavy atom. The number of nitrogens with zero attached hydrogens (tertiary/aromatic N) is 2. The zero-order valence-corrected chi connectivity index (χ0v) is 5.13. The van der Waals surface area contributed by atoms with E-state index in [2.05, 4.69) is 4.99 Å². The SMILES string of the molecule is O=[N+]([O-])C1=NCC(Cl)=C1. The van der Waals surface area contributed by atoms with Crippen LogP contribution in [0.1, 0.15) is 0 Å². The predicted octanol–water partition coefficient (Wildman–Crippen LogP) is 0.798. The van der Waals surface area contributed by atoms with Crippen LogP contribution in [0.2, 0.25) is 0 Å². The number of nitro groups is 1. The van der Waals surface area contributed by atoms with Crippen molar-refractivity contribution < 1.29 is 4.92 Å². The third kappa shape index (κ3) is 1.26. The molecule has 1 aliphatic heterocycles. The Labute approximate surface area is 56.0 Å². The Morgan fingerprint density at radius 3 is 2.78 bits per heavy atom. The summed E-state index contributed by atoms with van der Waals surface area (Å²) in [7, 11) is 0. The summed E-state index contributed by atoms with van der Waals surface area (Å²) in [6.45, 7) is 0.248. The molecule has 0 aromatic rings. The van der Waals surface area contributed by atoms with Gasteiger partial charge in [0.15, 0.2) is 6.54 Å². The first-order valence-corrected chi connectivity index (χ1v) is 2.63. The Hall–Kier alpha value is -0.900. The molecule has 0 radical (unpaired) electrons. The fourth-order valence-corrected chi connectivity index (χ4v) is 0.656. The van der Waals surface area contributed by atoms with Gasteiger partial charge in [0.25, 0.3) is 0 Å². The molecule has 1 heterocycles. The molecule has 1 rings (SSSR count). The van der Waals surface area contributed by atoms with Gasteiger partial charge in [-0.05, 0) is 4.92 Å². The van der Waals surface area contributed by atoms with Crippen LogP contribution in [0.5, 0.6) is 0 Å². The van der Waals surface area contributed by atoms with E-state index in [1.165, 1.54) is 6.08 Å². The van der Waals surface area contributed by atoms with Gasteiger partial charge in [-0.3, -0.25) is 0 Å². The summed E-state index contributed by atoms with van der Waals surface area (Å²) in [5.41, 5.74) is 0. The number of aliphatic imine (C=N–C) groups is 1. The lowest BCUT2D eigenvalue weighted by Crippen LogP contribution is -2.05. The molecule has 0 fully saturated rings. The Balaban J connectivity index is 2.75. The molecule has 5 heteroatoms. The van der Waals surface area contributed by atoms with E-state index in [-0.39, 0.29) is 12.4 Å². The maximum atomic E-state index is 9.92. The highest BCUT2D eigenvalue weighted by molar-refractivity contribution is 6.32. The summed E-state index contributed by atoms with van der Waals surface area (Å²) >= 11 is 5.39. The highest BCUT2D eigenvalue weighted by Crippen LogP contribution is 2.08. The van der Waals surface area contributed by atoms with Gasteiger partial charge in [0.05, 0.1) is 11.1 Å². The second-order valence-corrected chi connectivity index (χ2v) is 2.01. The maximum Gasteiger partial charge on any atom is 0.359 e. The first-order valence-electron chi connectivity index (χ1n) is 2.25. The van der Waals surface area contributed by atoms with Crippen LogP contribution < -0.4 is 0 Å². The molecule has 0 spiro atoms. The monoisotopic (exact) mass is 146 g/mol. The minimum atomic E-state index is -0.560. The second kappa shape index (κ2) is 2.14. The van der Waals surface area contributed by atoms with Crippen LogP contribution in [0.4, 0.5) is 0 Å². The zero-order valence-electron chi connectivity index (χ0n) is 4.37. The van der Waals surface area contributed by atoms with Crippen molar-refractivity contribution in [2.45, 2.75) is 0 Å². The van der Waals surface area contributed by atoms with E-state index in [1.807, 2.05) is 0 Å². The molecule has 0 amide bonds. The molecule has 1 aliphatic rings. The molecule has 0 saturated carbocycles. The Bertz CT molecular complexity index is 209. The summed E-state index contributed by atoms with van der Waals surface area (Å²) in [4.78, 5) is 12.9. The van der Waals surface area contributed by atoms with Crippen molar-refractivity contribution in [3.63, 3.8) is 0 Å². The van der Waals surface area contributed by atoms with E-state index in [0.29, 0.717) is 5.03 Å². The van der Waals surface area contributed by atoms with Crippen LogP contribution in [0.3, 0.4) is 0 Å². The standard InChI is InChI=1S/C4H3ClN2O2/c5-3-1-4(6-2-3)7(8)9/h1H,2H2. The van der Waals surface area contributed by atoms with Crippen LogP contribution in [-0.4, -0.2) is 17.3 Å². The minimum absolute atomic E-state index is 0.153. The lowest BCUT2D eigenvalue weighted by molar-refractivity contribution is -0.348. The zero-order chi connectivity index (χ0) is 6.85. The van der Waals surface area contributed by atoms with Crippen molar-refractivity contribution in [3.8, 4) is 0 Å². The molecule has 9 heavy (non-hydrogen) atoms. The number of hydrogen-bond donors (Lipinski definition) is 0. The van der Waals surface area contributed by atoms with E-state index in [1.54, 1.807) is 0 Å². The molecule has 0 N–H and O–H groups in total. The van der Waals surface area contributed by atoms with Crippen molar-refractivity contribution in [2.75, 3.05) is 6.54 Å². The van der Waals surface area contributed by atoms with Gasteiger partial charge in [0.2, 0.25) is 0 Å². The highest BCUT2D eigenvalue weighted by Gasteiger charge is 2.16. The van der Waals surface area contributed by atoms with Crippen LogP contribution in [0.25, 0.3) is 0 Å². The van der Waals surface area contributed by atoms with E-state index >= 15 is 0 Å². The number of hydrogen-bond acceptors (Lipinski definition) is 3. The lowest BCUT2D eigenvalue weighted by atomic mass is 10.5. The van der Waals surface area contributed by atoms with Gasteiger partial charge in [-0.15, -0.1) is 0 Å². The van der Waals surface area contributed by atoms with E-state index in [9.17, 15) is 10.1 Å². The fraction of sp³-hybridized carbons (Fsp3) is 0.250. The van der Waals surface area contributed by atoms with Gasteiger partial charge in [-0.2, -0.15) is 0 Å². The molecular weight excluding hydrogens is 144 g/mol. The third-order valence-electron chi connectivity index (χ3n) is 0.865. The van der Waals surface area contributed by atoms with E-state index in [4.69, 9.17) is 11.6 Å². The highest BCUT2D eigenvalue weighted by atomic mass is 35.5. The van der Waals surface area contributed by atoms with Crippen LogP contribution in [-0.2, 0) is 0 Å². The number of amidine groups is 1. The van der Waals surface area contributed by atoms with Crippen LogP contribution in [0, 0.1) is 10.1 Å². The van der Waals surface area contributed by atoms with Crippen molar-refractivity contribution in [1.82, 2.24) is 0 Å². The molecule has 0 saturated heterocycles. The first kappa shape index (κ1) is 6.22. The molecule has 0 bridgehead atoms. The molecule has 0 aliphatic carbocycles. The molecule has 0 atom stereocenters. The molecule has 0 unspecified atom stereocenters. The molecule has 0 aromatic heterocycles. The fourth-order valence-electron chi connectivity index (χ4n) is 0.498. The van der Waals surface area contributed by atoms with Crippen molar-refractivity contribution in [3.05, 3.63) is 21.2 Å². The summed E-state index contributed by atoms with van der Waals surface area (Å²) in [5.74, 6) is -0.153. The average Bonchev–Trinajstić information content (AvgIpc) is 2.14. The normalized spacial score (nSPS) is 17.0. The van der Waals surface area contributed by atoms with Gasteiger partial charge in [-0.1, -0.05) is 16.6 Å². The van der Waals surface area contributed by atoms with Crippen LogP contribution in [0.15, 0.2) is 16.1 Å². The van der Waals surface area contributed by atoms with Gasteiger partial charge in [-0.25, -0.2) is 0 Å². The predicted molar refractivity (Wildman–Crippen MR) is 33.2 cm³/mol. The van der Waals surface area contributed by atoms with E-state index in [0.717, 1.165) is 0 Å². The number of halogens is 1. The van der Waals surface area contributed by atoms with Crippen molar-refractivity contribution in [1.29, 1.82) is 0 Å². The third-order valence-corrected chi connectivity index (χ3v) is 1.09. The smallest absolute Gasteiger partial charge is 0.358 e. The van der Waals surface area contributed by atoms with Gasteiger partial charge in [0.1, 0.15) is 0 Å². The van der Waals surface area contributed by atoms with Gasteiger partial charge >= 0.3 is 5.84 Å². The maximum absolute atomic E-state index is 9.92. The summed E-state index contributed by atoms with van der Waals surface area (Å²) < 4.78 is 0. The Kier molecular flexibility index (Phi) is 1.48. The van der Waals surface area contributed by atoms with Gasteiger partial charge in [0, 0.05) is 0 Å². The topological polar surface area (TPSA) is 55.5 Å². The molecular formula is C4H3ClN2O2. The Morgan fingerprint density at radius 1 is 1.89 bits per heavy atom. The lowest BCUT2D eigenvalue weighted by Gasteiger charge is -1.84. The summed E-state index contributed by atoms with van der Waals surface area (Å²) in [6.07, 6.45) is 1.25. The van der Waals surface area contributed by atoms with Crippen molar-refractivity contribution in [2.24, 2.45) is 4.99 Å². The quantitative estimate of drug-likeness (QED) is 0.375. The van der Waals surface area contributed by atoms with Gasteiger partial charge < -0.3 is 10.1 Å². The number of rotatable bonds is 0. The van der Waals surface area contributed by atoms with Crippen LogP contribution >= 0.6 is 11.6 Å². The first-order chi connectivity index (χ1) is 4.20. The second-order valence-electron chi connectivity index (χ2n) is 1.52. The largest absolute Gasteiger partial charge is 0.359 e. The van der Waals surface area contributed by atoms with Crippen molar-refractivity contribution >= 4 is 17.4 Å². The summed E-state index contributed by atoms with van der Waals surface area (Å²) in [6, 6.07) is 0. The summed E-state index contributed by atoms with van der Waals surface area (Å²) in [5, 5.41) is 10.3.